The van der Waals surface area contributed by atoms with Gasteiger partial charge in [0.05, 0.1) is 7.11 Å². The Hall–Kier alpha value is -1.55. The Bertz CT molecular complexity index is 429. The Morgan fingerprint density at radius 2 is 1.83 bits per heavy atom. The van der Waals surface area contributed by atoms with Crippen molar-refractivity contribution in [1.29, 1.82) is 0 Å². The van der Waals surface area contributed by atoms with E-state index in [2.05, 4.69) is 5.32 Å². The molecular weight excluding hydrogens is 230 g/mol. The van der Waals surface area contributed by atoms with Crippen molar-refractivity contribution in [2.45, 2.75) is 39.8 Å². The van der Waals surface area contributed by atoms with Gasteiger partial charge in [0.15, 0.2) is 0 Å². The zero-order valence-corrected chi connectivity index (χ0v) is 11.6. The molecular formula is C14H21NO3. The van der Waals surface area contributed by atoms with Crippen molar-refractivity contribution in [2.24, 2.45) is 0 Å². The van der Waals surface area contributed by atoms with Crippen molar-refractivity contribution in [3.63, 3.8) is 0 Å². The van der Waals surface area contributed by atoms with Crippen LogP contribution in [0.15, 0.2) is 12.1 Å². The predicted octanol–water partition coefficient (Wildman–Crippen LogP) is 2.26. The van der Waals surface area contributed by atoms with Gasteiger partial charge in [0.1, 0.15) is 11.3 Å². The molecule has 0 aromatic heterocycles. The predicted molar refractivity (Wildman–Crippen MR) is 71.0 cm³/mol. The Labute approximate surface area is 108 Å². The number of nitrogens with one attached hydrogen (secondary N) is 1. The highest BCUT2D eigenvalue weighted by molar-refractivity contribution is 5.77. The molecule has 1 rings (SSSR count). The van der Waals surface area contributed by atoms with Crippen molar-refractivity contribution in [3.8, 4) is 5.75 Å². The van der Waals surface area contributed by atoms with Gasteiger partial charge in [0.25, 0.3) is 0 Å². The SMILES string of the molecule is COc1c(C)cc(CNC(C)(C)C(=O)O)cc1C. The van der Waals surface area contributed by atoms with Crippen molar-refractivity contribution in [1.82, 2.24) is 5.32 Å². The van der Waals surface area contributed by atoms with Gasteiger partial charge in [0, 0.05) is 6.54 Å². The van der Waals surface area contributed by atoms with E-state index in [1.807, 2.05) is 26.0 Å². The van der Waals surface area contributed by atoms with Crippen LogP contribution in [0.4, 0.5) is 0 Å². The molecule has 0 aliphatic heterocycles. The fourth-order valence-corrected chi connectivity index (χ4v) is 1.86. The molecule has 0 saturated carbocycles. The molecule has 0 radical (unpaired) electrons. The van der Waals surface area contributed by atoms with E-state index in [1.165, 1.54) is 0 Å². The van der Waals surface area contributed by atoms with E-state index in [9.17, 15) is 4.79 Å². The first-order valence-corrected chi connectivity index (χ1v) is 5.90. The third kappa shape index (κ3) is 3.23. The second-order valence-corrected chi connectivity index (χ2v) is 5.05. The summed E-state index contributed by atoms with van der Waals surface area (Å²) < 4.78 is 5.30. The van der Waals surface area contributed by atoms with E-state index in [-0.39, 0.29) is 0 Å². The molecule has 1 aromatic rings. The van der Waals surface area contributed by atoms with E-state index in [4.69, 9.17) is 9.84 Å². The third-order valence-corrected chi connectivity index (χ3v) is 2.99. The number of aliphatic carboxylic acids is 1. The largest absolute Gasteiger partial charge is 0.496 e. The van der Waals surface area contributed by atoms with Crippen molar-refractivity contribution in [3.05, 3.63) is 28.8 Å². The summed E-state index contributed by atoms with van der Waals surface area (Å²) in [6, 6.07) is 4.02. The highest BCUT2D eigenvalue weighted by Crippen LogP contribution is 2.24. The summed E-state index contributed by atoms with van der Waals surface area (Å²) >= 11 is 0. The van der Waals surface area contributed by atoms with Crippen LogP contribution in [0, 0.1) is 13.8 Å². The van der Waals surface area contributed by atoms with Crippen LogP contribution in [0.3, 0.4) is 0 Å². The number of benzene rings is 1. The summed E-state index contributed by atoms with van der Waals surface area (Å²) in [4.78, 5) is 11.0. The molecule has 0 atom stereocenters. The molecule has 4 heteroatoms. The van der Waals surface area contributed by atoms with Crippen LogP contribution in [-0.2, 0) is 11.3 Å². The fraction of sp³-hybridized carbons (Fsp3) is 0.500. The molecule has 1 aromatic carbocycles. The molecule has 0 amide bonds. The van der Waals surface area contributed by atoms with Gasteiger partial charge in [0.2, 0.25) is 0 Å². The zero-order chi connectivity index (χ0) is 13.9. The first kappa shape index (κ1) is 14.5. The van der Waals surface area contributed by atoms with Gasteiger partial charge in [-0.25, -0.2) is 0 Å². The summed E-state index contributed by atoms with van der Waals surface area (Å²) in [6.45, 7) is 7.79. The highest BCUT2D eigenvalue weighted by atomic mass is 16.5. The van der Waals surface area contributed by atoms with Crippen LogP contribution in [0.2, 0.25) is 0 Å². The molecule has 100 valence electrons. The van der Waals surface area contributed by atoms with Gasteiger partial charge in [-0.1, -0.05) is 12.1 Å². The number of carboxylic acids is 1. The minimum absolute atomic E-state index is 0.519. The number of hydrogen-bond donors (Lipinski definition) is 2. The summed E-state index contributed by atoms with van der Waals surface area (Å²) in [6.07, 6.45) is 0. The number of carbonyl (C=O) groups is 1. The Kier molecular flexibility index (Phi) is 4.35. The smallest absolute Gasteiger partial charge is 0.323 e. The summed E-state index contributed by atoms with van der Waals surface area (Å²) in [5.41, 5.74) is 2.24. The number of rotatable bonds is 5. The van der Waals surface area contributed by atoms with Gasteiger partial charge >= 0.3 is 5.97 Å². The van der Waals surface area contributed by atoms with Gasteiger partial charge in [-0.05, 0) is 44.4 Å². The number of carboxylic acid groups (broad SMARTS) is 1. The molecule has 0 spiro atoms. The van der Waals surface area contributed by atoms with Crippen molar-refractivity contribution < 1.29 is 14.6 Å². The summed E-state index contributed by atoms with van der Waals surface area (Å²) in [5.74, 6) is 0.0284. The number of aryl methyl sites for hydroxylation is 2. The lowest BCUT2D eigenvalue weighted by Crippen LogP contribution is -2.46. The number of hydrogen-bond acceptors (Lipinski definition) is 3. The summed E-state index contributed by atoms with van der Waals surface area (Å²) in [5, 5.41) is 12.1. The van der Waals surface area contributed by atoms with E-state index >= 15 is 0 Å². The maximum absolute atomic E-state index is 11.0. The maximum Gasteiger partial charge on any atom is 0.323 e. The first-order valence-electron chi connectivity index (χ1n) is 5.90. The van der Waals surface area contributed by atoms with Crippen molar-refractivity contribution in [2.75, 3.05) is 7.11 Å². The molecule has 0 fully saturated rings. The monoisotopic (exact) mass is 251 g/mol. The first-order chi connectivity index (χ1) is 8.27. The van der Waals surface area contributed by atoms with Crippen LogP contribution in [0.5, 0.6) is 5.75 Å². The van der Waals surface area contributed by atoms with E-state index in [0.29, 0.717) is 6.54 Å². The number of ether oxygens (including phenoxy) is 1. The van der Waals surface area contributed by atoms with E-state index in [0.717, 1.165) is 22.4 Å². The lowest BCUT2D eigenvalue weighted by molar-refractivity contribution is -0.143. The second-order valence-electron chi connectivity index (χ2n) is 5.05. The molecule has 0 unspecified atom stereocenters. The van der Waals surface area contributed by atoms with Crippen LogP contribution in [0.1, 0.15) is 30.5 Å². The van der Waals surface area contributed by atoms with Crippen LogP contribution >= 0.6 is 0 Å². The Balaban J connectivity index is 2.84. The normalized spacial score (nSPS) is 11.4. The van der Waals surface area contributed by atoms with Crippen LogP contribution < -0.4 is 10.1 Å². The second kappa shape index (κ2) is 5.40. The third-order valence-electron chi connectivity index (χ3n) is 2.99. The van der Waals surface area contributed by atoms with Crippen molar-refractivity contribution >= 4 is 5.97 Å². The van der Waals surface area contributed by atoms with Gasteiger partial charge in [-0.15, -0.1) is 0 Å². The molecule has 0 bridgehead atoms. The minimum Gasteiger partial charge on any atom is -0.496 e. The molecule has 0 aliphatic carbocycles. The van der Waals surface area contributed by atoms with Crippen LogP contribution in [0.25, 0.3) is 0 Å². The average molecular weight is 251 g/mol. The zero-order valence-electron chi connectivity index (χ0n) is 11.6. The van der Waals surface area contributed by atoms with Gasteiger partial charge in [-0.2, -0.15) is 0 Å². The molecule has 4 nitrogen and oxygen atoms in total. The maximum atomic E-state index is 11.0. The van der Waals surface area contributed by atoms with Gasteiger partial charge < -0.3 is 9.84 Å². The standard InChI is InChI=1S/C14H21NO3/c1-9-6-11(7-10(2)12(9)18-5)8-15-14(3,4)13(16)17/h6-7,15H,8H2,1-5H3,(H,16,17). The van der Waals surface area contributed by atoms with Gasteiger partial charge in [-0.3, -0.25) is 10.1 Å². The number of methoxy groups -OCH3 is 1. The fourth-order valence-electron chi connectivity index (χ4n) is 1.86. The molecule has 2 N–H and O–H groups in total. The van der Waals surface area contributed by atoms with Crippen LogP contribution in [-0.4, -0.2) is 23.7 Å². The van der Waals surface area contributed by atoms with E-state index in [1.54, 1.807) is 21.0 Å². The average Bonchev–Trinajstić information content (AvgIpc) is 2.26. The molecule has 0 aliphatic rings. The topological polar surface area (TPSA) is 58.6 Å². The Morgan fingerprint density at radius 1 is 1.33 bits per heavy atom. The lowest BCUT2D eigenvalue weighted by atomic mass is 10.0. The highest BCUT2D eigenvalue weighted by Gasteiger charge is 2.25. The van der Waals surface area contributed by atoms with E-state index < -0.39 is 11.5 Å². The lowest BCUT2D eigenvalue weighted by Gasteiger charge is -2.21. The molecule has 0 heterocycles. The molecule has 18 heavy (non-hydrogen) atoms. The minimum atomic E-state index is -0.929. The molecule has 0 saturated heterocycles. The summed E-state index contributed by atoms with van der Waals surface area (Å²) in [7, 11) is 1.65. The Morgan fingerprint density at radius 3 is 2.22 bits per heavy atom. The quantitative estimate of drug-likeness (QED) is 0.842.